The highest BCUT2D eigenvalue weighted by molar-refractivity contribution is 9.10. The first-order valence-corrected chi connectivity index (χ1v) is 10.2. The number of halogens is 1. The fourth-order valence-corrected chi connectivity index (χ4v) is 4.62. The van der Waals surface area contributed by atoms with E-state index < -0.39 is 5.41 Å². The molecule has 1 aliphatic carbocycles. The fraction of sp³-hybridized carbons (Fsp3) is 0.409. The van der Waals surface area contributed by atoms with Crippen LogP contribution in [0.1, 0.15) is 36.8 Å². The summed E-state index contributed by atoms with van der Waals surface area (Å²) in [7, 11) is 4.85. The van der Waals surface area contributed by atoms with Crippen LogP contribution in [0.15, 0.2) is 40.9 Å². The minimum Gasteiger partial charge on any atom is -0.497 e. The summed E-state index contributed by atoms with van der Waals surface area (Å²) in [6.45, 7) is 0.420. The molecule has 150 valence electrons. The third kappa shape index (κ3) is 3.97. The van der Waals surface area contributed by atoms with Crippen LogP contribution in [0.4, 0.5) is 0 Å². The summed E-state index contributed by atoms with van der Waals surface area (Å²) in [5, 5.41) is 3.14. The summed E-state index contributed by atoms with van der Waals surface area (Å²) >= 11 is 3.50. The normalized spacial score (nSPS) is 15.1. The van der Waals surface area contributed by atoms with Gasteiger partial charge in [0.15, 0.2) is 11.5 Å². The highest BCUT2D eigenvalue weighted by Gasteiger charge is 2.42. The molecule has 2 aromatic carbocycles. The molecule has 1 aliphatic rings. The summed E-state index contributed by atoms with van der Waals surface area (Å²) in [6.07, 6.45) is 3.79. The Morgan fingerprint density at radius 3 is 2.46 bits per heavy atom. The van der Waals surface area contributed by atoms with Crippen molar-refractivity contribution < 1.29 is 19.0 Å². The second-order valence-corrected chi connectivity index (χ2v) is 7.87. The molecule has 5 nitrogen and oxygen atoms in total. The number of hydrogen-bond donors (Lipinski definition) is 1. The molecule has 0 radical (unpaired) electrons. The van der Waals surface area contributed by atoms with Gasteiger partial charge >= 0.3 is 0 Å². The van der Waals surface area contributed by atoms with Gasteiger partial charge in [0.1, 0.15) is 5.75 Å². The molecule has 1 amide bonds. The number of amides is 1. The summed E-state index contributed by atoms with van der Waals surface area (Å²) in [6, 6.07) is 11.7. The maximum absolute atomic E-state index is 13.3. The zero-order valence-corrected chi connectivity index (χ0v) is 18.1. The van der Waals surface area contributed by atoms with Crippen LogP contribution in [0.2, 0.25) is 0 Å². The van der Waals surface area contributed by atoms with Crippen LogP contribution in [-0.2, 0) is 16.8 Å². The van der Waals surface area contributed by atoms with E-state index in [4.69, 9.17) is 14.2 Å². The van der Waals surface area contributed by atoms with Crippen LogP contribution < -0.4 is 19.5 Å². The molecule has 0 atom stereocenters. The quantitative estimate of drug-likeness (QED) is 0.673. The number of ether oxygens (including phenoxy) is 3. The van der Waals surface area contributed by atoms with E-state index in [1.165, 1.54) is 0 Å². The molecular formula is C22H26BrNO4. The van der Waals surface area contributed by atoms with Crippen molar-refractivity contribution in [1.29, 1.82) is 0 Å². The van der Waals surface area contributed by atoms with E-state index in [9.17, 15) is 4.79 Å². The first-order chi connectivity index (χ1) is 13.5. The van der Waals surface area contributed by atoms with Crippen molar-refractivity contribution in [2.24, 2.45) is 0 Å². The lowest BCUT2D eigenvalue weighted by molar-refractivity contribution is -0.126. The molecule has 0 bridgehead atoms. The van der Waals surface area contributed by atoms with Crippen molar-refractivity contribution in [2.45, 2.75) is 37.6 Å². The Labute approximate surface area is 174 Å². The SMILES string of the molecule is COc1cccc(C2(C(=O)NCc3cc(Br)c(OC)c(OC)c3)CCCC2)c1. The predicted molar refractivity (Wildman–Crippen MR) is 112 cm³/mol. The molecule has 0 heterocycles. The fourth-order valence-electron chi connectivity index (χ4n) is 3.97. The lowest BCUT2D eigenvalue weighted by atomic mass is 9.78. The van der Waals surface area contributed by atoms with E-state index in [0.717, 1.165) is 47.0 Å². The van der Waals surface area contributed by atoms with E-state index >= 15 is 0 Å². The number of methoxy groups -OCH3 is 3. The molecular weight excluding hydrogens is 422 g/mol. The van der Waals surface area contributed by atoms with E-state index in [0.29, 0.717) is 18.0 Å². The van der Waals surface area contributed by atoms with E-state index in [2.05, 4.69) is 21.2 Å². The van der Waals surface area contributed by atoms with Crippen LogP contribution in [0.5, 0.6) is 17.2 Å². The summed E-state index contributed by atoms with van der Waals surface area (Å²) in [4.78, 5) is 13.3. The average Bonchev–Trinajstić information content (AvgIpc) is 3.22. The van der Waals surface area contributed by atoms with Gasteiger partial charge < -0.3 is 19.5 Å². The number of hydrogen-bond acceptors (Lipinski definition) is 4. The monoisotopic (exact) mass is 447 g/mol. The van der Waals surface area contributed by atoms with Crippen molar-refractivity contribution in [3.05, 3.63) is 52.0 Å². The van der Waals surface area contributed by atoms with Gasteiger partial charge in [-0.25, -0.2) is 0 Å². The van der Waals surface area contributed by atoms with Gasteiger partial charge in [-0.15, -0.1) is 0 Å². The van der Waals surface area contributed by atoms with Crippen molar-refractivity contribution in [3.63, 3.8) is 0 Å². The zero-order valence-electron chi connectivity index (χ0n) is 16.5. The van der Waals surface area contributed by atoms with Gasteiger partial charge in [0.2, 0.25) is 5.91 Å². The Bertz CT molecular complexity index is 846. The maximum atomic E-state index is 13.3. The number of rotatable bonds is 7. The molecule has 0 saturated heterocycles. The number of benzene rings is 2. The molecule has 1 saturated carbocycles. The second-order valence-electron chi connectivity index (χ2n) is 7.02. The molecule has 0 spiro atoms. The van der Waals surface area contributed by atoms with Crippen molar-refractivity contribution in [3.8, 4) is 17.2 Å². The van der Waals surface area contributed by atoms with Crippen LogP contribution >= 0.6 is 15.9 Å². The van der Waals surface area contributed by atoms with Gasteiger partial charge in [0.05, 0.1) is 31.2 Å². The molecule has 6 heteroatoms. The van der Waals surface area contributed by atoms with Gasteiger partial charge in [-0.2, -0.15) is 0 Å². The van der Waals surface area contributed by atoms with E-state index in [1.807, 2.05) is 36.4 Å². The molecule has 2 aromatic rings. The molecule has 0 aliphatic heterocycles. The predicted octanol–water partition coefficient (Wildman–Crippen LogP) is 4.60. The minimum absolute atomic E-state index is 0.0594. The lowest BCUT2D eigenvalue weighted by Gasteiger charge is -2.28. The van der Waals surface area contributed by atoms with E-state index in [-0.39, 0.29) is 5.91 Å². The van der Waals surface area contributed by atoms with Crippen LogP contribution in [-0.4, -0.2) is 27.2 Å². The molecule has 3 rings (SSSR count). The Morgan fingerprint density at radius 2 is 1.82 bits per heavy atom. The Kier molecular flexibility index (Phi) is 6.50. The van der Waals surface area contributed by atoms with Crippen LogP contribution in [0, 0.1) is 0 Å². The molecule has 0 unspecified atom stereocenters. The van der Waals surface area contributed by atoms with Crippen LogP contribution in [0.3, 0.4) is 0 Å². The highest BCUT2D eigenvalue weighted by Crippen LogP contribution is 2.42. The maximum Gasteiger partial charge on any atom is 0.230 e. The topological polar surface area (TPSA) is 56.8 Å². The highest BCUT2D eigenvalue weighted by atomic mass is 79.9. The van der Waals surface area contributed by atoms with Crippen molar-refractivity contribution >= 4 is 21.8 Å². The third-order valence-electron chi connectivity index (χ3n) is 5.46. The molecule has 1 fully saturated rings. The summed E-state index contributed by atoms with van der Waals surface area (Å²) < 4.78 is 16.9. The number of carbonyl (C=O) groups is 1. The largest absolute Gasteiger partial charge is 0.497 e. The number of nitrogens with one attached hydrogen (secondary N) is 1. The average molecular weight is 448 g/mol. The zero-order chi connectivity index (χ0) is 20.1. The second kappa shape index (κ2) is 8.86. The van der Waals surface area contributed by atoms with Gasteiger partial charge in [-0.1, -0.05) is 25.0 Å². The van der Waals surface area contributed by atoms with E-state index in [1.54, 1.807) is 21.3 Å². The summed E-state index contributed by atoms with van der Waals surface area (Å²) in [5.74, 6) is 2.11. The van der Waals surface area contributed by atoms with Gasteiger partial charge in [0.25, 0.3) is 0 Å². The summed E-state index contributed by atoms with van der Waals surface area (Å²) in [5.41, 5.74) is 1.47. The lowest BCUT2D eigenvalue weighted by Crippen LogP contribution is -2.42. The Balaban J connectivity index is 1.81. The first kappa shape index (κ1) is 20.5. The standard InChI is InChI=1S/C22H26BrNO4/c1-26-17-8-6-7-16(13-17)22(9-4-5-10-22)21(25)24-14-15-11-18(23)20(28-3)19(12-15)27-2/h6-8,11-13H,4-5,9-10,14H2,1-3H3,(H,24,25). The molecule has 1 N–H and O–H groups in total. The smallest absolute Gasteiger partial charge is 0.230 e. The first-order valence-electron chi connectivity index (χ1n) is 9.37. The van der Waals surface area contributed by atoms with Gasteiger partial charge in [-0.05, 0) is 64.2 Å². The van der Waals surface area contributed by atoms with Gasteiger partial charge in [0, 0.05) is 6.54 Å². The van der Waals surface area contributed by atoms with Crippen LogP contribution in [0.25, 0.3) is 0 Å². The van der Waals surface area contributed by atoms with Gasteiger partial charge in [-0.3, -0.25) is 4.79 Å². The number of carbonyl (C=O) groups excluding carboxylic acids is 1. The Hall–Kier alpha value is -2.21. The van der Waals surface area contributed by atoms with Crippen molar-refractivity contribution in [2.75, 3.05) is 21.3 Å². The minimum atomic E-state index is -0.498. The molecule has 28 heavy (non-hydrogen) atoms. The third-order valence-corrected chi connectivity index (χ3v) is 6.05. The Morgan fingerprint density at radius 1 is 1.07 bits per heavy atom. The van der Waals surface area contributed by atoms with Crippen molar-refractivity contribution in [1.82, 2.24) is 5.32 Å². The molecule has 0 aromatic heterocycles.